The van der Waals surface area contributed by atoms with Crippen molar-refractivity contribution in [3.05, 3.63) is 29.3 Å². The van der Waals surface area contributed by atoms with Gasteiger partial charge in [-0.3, -0.25) is 9.59 Å². The Kier molecular flexibility index (Phi) is 5.85. The first-order valence-corrected chi connectivity index (χ1v) is 8.38. The maximum Gasteiger partial charge on any atom is 0.262 e. The van der Waals surface area contributed by atoms with Gasteiger partial charge in [0.25, 0.3) is 5.91 Å². The molecular weight excluding hydrogens is 322 g/mol. The summed E-state index contributed by atoms with van der Waals surface area (Å²) >= 11 is 7.23. The van der Waals surface area contributed by atoms with Crippen LogP contribution in [-0.4, -0.2) is 40.2 Å². The number of carbonyl (C=O) groups is 2. The minimum atomic E-state index is -0.449. The van der Waals surface area contributed by atoms with Gasteiger partial charge in [0.2, 0.25) is 5.91 Å². The number of hydrogen-bond acceptors (Lipinski definition) is 4. The molecule has 1 aromatic rings. The van der Waals surface area contributed by atoms with Crippen molar-refractivity contribution in [1.82, 2.24) is 4.90 Å². The highest BCUT2D eigenvalue weighted by Gasteiger charge is 2.32. The van der Waals surface area contributed by atoms with E-state index in [4.69, 9.17) is 11.6 Å². The predicted molar refractivity (Wildman–Crippen MR) is 91.4 cm³/mol. The van der Waals surface area contributed by atoms with Gasteiger partial charge < -0.3 is 10.2 Å². The fourth-order valence-electron chi connectivity index (χ4n) is 2.09. The number of nitrogens with one attached hydrogen (secondary N) is 1. The summed E-state index contributed by atoms with van der Waals surface area (Å²) in [7, 11) is 0. The largest absolute Gasteiger partial charge is 0.352 e. The fourth-order valence-corrected chi connectivity index (χ4v) is 3.47. The third-order valence-electron chi connectivity index (χ3n) is 3.24. The maximum atomic E-state index is 12.1. The van der Waals surface area contributed by atoms with E-state index in [1.54, 1.807) is 24.3 Å². The molecule has 118 valence electrons. The maximum absolute atomic E-state index is 12.1. The van der Waals surface area contributed by atoms with Crippen LogP contribution in [0.15, 0.2) is 29.3 Å². The van der Waals surface area contributed by atoms with Crippen LogP contribution in [-0.2, 0) is 9.59 Å². The lowest BCUT2D eigenvalue weighted by Crippen LogP contribution is -2.27. The number of nitrogens with zero attached hydrogens (tertiary/aromatic N) is 2. The van der Waals surface area contributed by atoms with Crippen molar-refractivity contribution in [2.45, 2.75) is 25.5 Å². The summed E-state index contributed by atoms with van der Waals surface area (Å²) in [5.74, 6) is -0.461. The first-order valence-electron chi connectivity index (χ1n) is 7.13. The molecule has 1 N–H and O–H groups in total. The van der Waals surface area contributed by atoms with Crippen LogP contribution in [0.3, 0.4) is 0 Å². The van der Waals surface area contributed by atoms with Crippen LogP contribution in [0.1, 0.15) is 20.3 Å². The van der Waals surface area contributed by atoms with Gasteiger partial charge in [-0.15, -0.1) is 0 Å². The van der Waals surface area contributed by atoms with Crippen molar-refractivity contribution < 1.29 is 9.59 Å². The van der Waals surface area contributed by atoms with Crippen LogP contribution >= 0.6 is 23.4 Å². The Hall–Kier alpha value is -1.53. The summed E-state index contributed by atoms with van der Waals surface area (Å²) in [4.78, 5) is 30.0. The molecule has 1 aliphatic heterocycles. The second-order valence-electron chi connectivity index (χ2n) is 4.77. The van der Waals surface area contributed by atoms with Gasteiger partial charge in [-0.1, -0.05) is 29.4 Å². The molecule has 0 aliphatic carbocycles. The Morgan fingerprint density at radius 1 is 1.41 bits per heavy atom. The zero-order valence-corrected chi connectivity index (χ0v) is 14.1. The van der Waals surface area contributed by atoms with E-state index in [0.717, 1.165) is 13.1 Å². The summed E-state index contributed by atoms with van der Waals surface area (Å²) < 4.78 is 0. The smallest absolute Gasteiger partial charge is 0.262 e. The van der Waals surface area contributed by atoms with Gasteiger partial charge in [-0.2, -0.15) is 4.99 Å². The highest BCUT2D eigenvalue weighted by Crippen LogP contribution is 2.27. The van der Waals surface area contributed by atoms with E-state index in [1.165, 1.54) is 11.8 Å². The molecule has 1 heterocycles. The topological polar surface area (TPSA) is 61.8 Å². The summed E-state index contributed by atoms with van der Waals surface area (Å²) in [6.45, 7) is 5.60. The fraction of sp³-hybridized carbons (Fsp3) is 0.400. The van der Waals surface area contributed by atoms with Gasteiger partial charge in [0.15, 0.2) is 5.17 Å². The highest BCUT2D eigenvalue weighted by molar-refractivity contribution is 8.15. The molecule has 0 saturated heterocycles. The van der Waals surface area contributed by atoms with Crippen molar-refractivity contribution in [2.75, 3.05) is 18.4 Å². The summed E-state index contributed by atoms with van der Waals surface area (Å²) in [5.41, 5.74) is 0.623. The second kappa shape index (κ2) is 7.65. The zero-order chi connectivity index (χ0) is 16.1. The molecule has 5 nitrogen and oxygen atoms in total. The number of rotatable bonds is 5. The second-order valence-corrected chi connectivity index (χ2v) is 6.38. The number of anilines is 1. The van der Waals surface area contributed by atoms with Gasteiger partial charge in [0.05, 0.1) is 0 Å². The Balaban J connectivity index is 1.92. The van der Waals surface area contributed by atoms with Crippen molar-refractivity contribution in [3.63, 3.8) is 0 Å². The minimum absolute atomic E-state index is 0.101. The molecule has 0 radical (unpaired) electrons. The number of hydrogen-bond donors (Lipinski definition) is 1. The molecule has 0 unspecified atom stereocenters. The van der Waals surface area contributed by atoms with Gasteiger partial charge in [-0.25, -0.2) is 0 Å². The molecule has 0 saturated carbocycles. The number of amides is 2. The van der Waals surface area contributed by atoms with Crippen molar-refractivity contribution >= 4 is 46.0 Å². The monoisotopic (exact) mass is 339 g/mol. The molecule has 1 atom stereocenters. The quantitative estimate of drug-likeness (QED) is 0.895. The summed E-state index contributed by atoms with van der Waals surface area (Å²) in [5, 5.41) is 3.56. The third-order valence-corrected chi connectivity index (χ3v) is 4.69. The Bertz CT molecular complexity index is 602. The molecule has 2 rings (SSSR count). The van der Waals surface area contributed by atoms with Crippen LogP contribution in [0.2, 0.25) is 5.02 Å². The average molecular weight is 340 g/mol. The third kappa shape index (κ3) is 4.24. The van der Waals surface area contributed by atoms with E-state index in [0.29, 0.717) is 15.9 Å². The van der Waals surface area contributed by atoms with Gasteiger partial charge in [-0.05, 0) is 32.0 Å². The predicted octanol–water partition coefficient (Wildman–Crippen LogP) is 3.01. The Labute approximate surface area is 139 Å². The highest BCUT2D eigenvalue weighted by atomic mass is 35.5. The van der Waals surface area contributed by atoms with E-state index in [-0.39, 0.29) is 18.2 Å². The molecule has 0 aromatic heterocycles. The Morgan fingerprint density at radius 3 is 2.77 bits per heavy atom. The molecular formula is C15H18ClN3O2S. The lowest BCUT2D eigenvalue weighted by Gasteiger charge is -2.19. The molecule has 1 aliphatic rings. The van der Waals surface area contributed by atoms with Crippen LogP contribution in [0, 0.1) is 0 Å². The molecule has 2 amide bonds. The first kappa shape index (κ1) is 16.8. The normalized spacial score (nSPS) is 17.3. The SMILES string of the molecule is CCN(CC)C1=NC(=O)[C@H](CC(=O)Nc2cccc(Cl)c2)S1. The lowest BCUT2D eigenvalue weighted by atomic mass is 10.2. The standard InChI is InChI=1S/C15H18ClN3O2S/c1-3-19(4-2)15-18-14(21)12(22-15)9-13(20)17-11-7-5-6-10(16)8-11/h5-8,12H,3-4,9H2,1-2H3,(H,17,20)/t12-/m0/s1. The molecule has 0 bridgehead atoms. The van der Waals surface area contributed by atoms with E-state index in [9.17, 15) is 9.59 Å². The Morgan fingerprint density at radius 2 is 2.14 bits per heavy atom. The molecule has 0 fully saturated rings. The number of benzene rings is 1. The van der Waals surface area contributed by atoms with Crippen molar-refractivity contribution in [2.24, 2.45) is 4.99 Å². The van der Waals surface area contributed by atoms with E-state index in [1.807, 2.05) is 18.7 Å². The van der Waals surface area contributed by atoms with Crippen LogP contribution < -0.4 is 5.32 Å². The van der Waals surface area contributed by atoms with Crippen LogP contribution in [0.4, 0.5) is 5.69 Å². The van der Waals surface area contributed by atoms with E-state index < -0.39 is 5.25 Å². The van der Waals surface area contributed by atoms with Crippen molar-refractivity contribution in [3.8, 4) is 0 Å². The molecule has 7 heteroatoms. The minimum Gasteiger partial charge on any atom is -0.352 e. The molecule has 0 spiro atoms. The van der Waals surface area contributed by atoms with Gasteiger partial charge >= 0.3 is 0 Å². The summed E-state index contributed by atoms with van der Waals surface area (Å²) in [6.07, 6.45) is 0.101. The number of amidine groups is 1. The number of halogens is 1. The summed E-state index contributed by atoms with van der Waals surface area (Å²) in [6, 6.07) is 6.92. The number of carbonyl (C=O) groups excluding carboxylic acids is 2. The first-order chi connectivity index (χ1) is 10.5. The van der Waals surface area contributed by atoms with E-state index in [2.05, 4.69) is 10.3 Å². The van der Waals surface area contributed by atoms with Gasteiger partial charge in [0, 0.05) is 30.2 Å². The zero-order valence-electron chi connectivity index (χ0n) is 12.5. The van der Waals surface area contributed by atoms with Gasteiger partial charge in [0.1, 0.15) is 5.25 Å². The van der Waals surface area contributed by atoms with Crippen LogP contribution in [0.5, 0.6) is 0 Å². The molecule has 22 heavy (non-hydrogen) atoms. The lowest BCUT2D eigenvalue weighted by molar-refractivity contribution is -0.121. The average Bonchev–Trinajstić information content (AvgIpc) is 2.81. The van der Waals surface area contributed by atoms with Crippen molar-refractivity contribution in [1.29, 1.82) is 0 Å². The van der Waals surface area contributed by atoms with Crippen LogP contribution in [0.25, 0.3) is 0 Å². The van der Waals surface area contributed by atoms with E-state index >= 15 is 0 Å². The molecule has 1 aromatic carbocycles. The number of thioether (sulfide) groups is 1. The number of aliphatic imine (C=N–C) groups is 1.